The van der Waals surface area contributed by atoms with Crippen LogP contribution >= 0.6 is 11.3 Å². The number of piperidine rings is 1. The van der Waals surface area contributed by atoms with E-state index in [-0.39, 0.29) is 18.9 Å². The quantitative estimate of drug-likeness (QED) is 0.841. The lowest BCUT2D eigenvalue weighted by molar-refractivity contribution is -0.0751. The van der Waals surface area contributed by atoms with Crippen molar-refractivity contribution >= 4 is 11.3 Å². The van der Waals surface area contributed by atoms with E-state index >= 15 is 0 Å². The number of nitrogens with zero attached hydrogens (tertiary/aromatic N) is 3. The van der Waals surface area contributed by atoms with E-state index in [1.165, 1.54) is 0 Å². The number of likely N-dealkylation sites (tertiary alicyclic amines) is 1. The fourth-order valence-corrected chi connectivity index (χ4v) is 5.38. The third kappa shape index (κ3) is 4.67. The molecule has 0 unspecified atom stereocenters. The molecule has 3 aliphatic rings. The van der Waals surface area contributed by atoms with Crippen molar-refractivity contribution in [2.45, 2.75) is 62.6 Å². The molecule has 0 spiro atoms. The fraction of sp³-hybridized carbons (Fsp3) is 0.842. The van der Waals surface area contributed by atoms with Crippen molar-refractivity contribution in [3.05, 3.63) is 16.1 Å². The maximum absolute atomic E-state index is 13.4. The third-order valence-corrected chi connectivity index (χ3v) is 7.15. The largest absolute Gasteiger partial charge is 0.383 e. The van der Waals surface area contributed by atoms with Gasteiger partial charge in [0, 0.05) is 50.4 Å². The maximum Gasteiger partial charge on any atom is 0.248 e. The van der Waals surface area contributed by atoms with Crippen molar-refractivity contribution < 1.29 is 18.6 Å². The summed E-state index contributed by atoms with van der Waals surface area (Å²) in [6.07, 6.45) is 2.36. The standard InChI is InChI=1S/C19H29F2N3O2S/c20-19(21)3-1-15(2-4-19)24-7-5-18(25,6-8-24)16-14-27-17(22-16)13-23-9-11-26-12-10-23/h14-15,25H,1-13H2. The first-order valence-electron chi connectivity index (χ1n) is 10.0. The van der Waals surface area contributed by atoms with Crippen molar-refractivity contribution in [3.8, 4) is 0 Å². The molecule has 5 nitrogen and oxygen atoms in total. The zero-order valence-electron chi connectivity index (χ0n) is 15.7. The van der Waals surface area contributed by atoms with Gasteiger partial charge >= 0.3 is 0 Å². The summed E-state index contributed by atoms with van der Waals surface area (Å²) in [5, 5.41) is 14.2. The molecule has 8 heteroatoms. The molecule has 1 saturated carbocycles. The highest BCUT2D eigenvalue weighted by atomic mass is 32.1. The van der Waals surface area contributed by atoms with E-state index in [0.717, 1.165) is 56.6 Å². The lowest BCUT2D eigenvalue weighted by Gasteiger charge is -2.43. The predicted molar refractivity (Wildman–Crippen MR) is 100 cm³/mol. The van der Waals surface area contributed by atoms with Gasteiger partial charge in [0.25, 0.3) is 0 Å². The molecular formula is C19H29F2N3O2S. The molecule has 0 bridgehead atoms. The molecule has 1 aromatic heterocycles. The molecule has 1 aliphatic carbocycles. The average molecular weight is 402 g/mol. The Kier molecular flexibility index (Phi) is 5.81. The Hall–Kier alpha value is -0.670. The van der Waals surface area contributed by atoms with Gasteiger partial charge in [0.2, 0.25) is 5.92 Å². The van der Waals surface area contributed by atoms with Crippen molar-refractivity contribution in [3.63, 3.8) is 0 Å². The number of morpholine rings is 1. The first kappa shape index (κ1) is 19.6. The summed E-state index contributed by atoms with van der Waals surface area (Å²) in [5.41, 5.74) is -0.0971. The Morgan fingerprint density at radius 2 is 1.78 bits per heavy atom. The van der Waals surface area contributed by atoms with Gasteiger partial charge in [0.1, 0.15) is 10.6 Å². The summed E-state index contributed by atoms with van der Waals surface area (Å²) in [6.45, 7) is 5.71. The van der Waals surface area contributed by atoms with E-state index < -0.39 is 11.5 Å². The Labute approximate surface area is 163 Å². The second-order valence-corrected chi connectivity index (χ2v) is 9.11. The normalized spacial score (nSPS) is 27.7. The number of thiazole rings is 1. The smallest absolute Gasteiger partial charge is 0.248 e. The Morgan fingerprint density at radius 1 is 1.11 bits per heavy atom. The van der Waals surface area contributed by atoms with Crippen LogP contribution < -0.4 is 0 Å². The van der Waals surface area contributed by atoms with Crippen molar-refractivity contribution in [1.29, 1.82) is 0 Å². The van der Waals surface area contributed by atoms with Crippen LogP contribution in [0.1, 0.15) is 49.2 Å². The Bertz CT molecular complexity index is 618. The van der Waals surface area contributed by atoms with Crippen LogP contribution in [0.2, 0.25) is 0 Å². The summed E-state index contributed by atoms with van der Waals surface area (Å²) in [5.74, 6) is -2.48. The number of hydrogen-bond donors (Lipinski definition) is 1. The number of aromatic nitrogens is 1. The molecule has 2 saturated heterocycles. The third-order valence-electron chi connectivity index (χ3n) is 6.32. The van der Waals surface area contributed by atoms with Gasteiger partial charge in [0.05, 0.1) is 25.5 Å². The summed E-state index contributed by atoms with van der Waals surface area (Å²) in [6, 6.07) is 0.237. The number of aliphatic hydroxyl groups is 1. The van der Waals surface area contributed by atoms with Crippen LogP contribution in [-0.2, 0) is 16.9 Å². The highest BCUT2D eigenvalue weighted by Gasteiger charge is 2.41. The maximum atomic E-state index is 13.4. The minimum Gasteiger partial charge on any atom is -0.383 e. The van der Waals surface area contributed by atoms with Gasteiger partial charge in [-0.3, -0.25) is 4.90 Å². The summed E-state index contributed by atoms with van der Waals surface area (Å²) < 4.78 is 32.1. The van der Waals surface area contributed by atoms with E-state index in [1.807, 2.05) is 5.38 Å². The van der Waals surface area contributed by atoms with Gasteiger partial charge < -0.3 is 14.7 Å². The molecule has 152 valence electrons. The molecule has 0 atom stereocenters. The monoisotopic (exact) mass is 401 g/mol. The zero-order chi connectivity index (χ0) is 18.9. The van der Waals surface area contributed by atoms with Gasteiger partial charge in [-0.2, -0.15) is 0 Å². The van der Waals surface area contributed by atoms with Gasteiger partial charge in [0.15, 0.2) is 0 Å². The number of halogens is 2. The lowest BCUT2D eigenvalue weighted by Crippen LogP contribution is -2.49. The molecule has 1 N–H and O–H groups in total. The summed E-state index contributed by atoms with van der Waals surface area (Å²) in [4.78, 5) is 9.35. The average Bonchev–Trinajstić information content (AvgIpc) is 3.13. The Morgan fingerprint density at radius 3 is 2.44 bits per heavy atom. The van der Waals surface area contributed by atoms with Gasteiger partial charge in [-0.05, 0) is 25.7 Å². The van der Waals surface area contributed by atoms with Crippen LogP contribution in [0.3, 0.4) is 0 Å². The number of ether oxygens (including phenoxy) is 1. The molecule has 27 heavy (non-hydrogen) atoms. The molecule has 2 aliphatic heterocycles. The molecule has 0 amide bonds. The molecule has 3 fully saturated rings. The van der Waals surface area contributed by atoms with E-state index in [4.69, 9.17) is 9.72 Å². The van der Waals surface area contributed by atoms with E-state index in [9.17, 15) is 13.9 Å². The van der Waals surface area contributed by atoms with Gasteiger partial charge in [-0.1, -0.05) is 0 Å². The lowest BCUT2D eigenvalue weighted by atomic mass is 9.85. The summed E-state index contributed by atoms with van der Waals surface area (Å²) >= 11 is 1.61. The summed E-state index contributed by atoms with van der Waals surface area (Å²) in [7, 11) is 0. The highest BCUT2D eigenvalue weighted by Crippen LogP contribution is 2.39. The number of hydrogen-bond acceptors (Lipinski definition) is 6. The van der Waals surface area contributed by atoms with Gasteiger partial charge in [-0.25, -0.2) is 13.8 Å². The topological polar surface area (TPSA) is 48.8 Å². The van der Waals surface area contributed by atoms with Gasteiger partial charge in [-0.15, -0.1) is 11.3 Å². The van der Waals surface area contributed by atoms with Crippen molar-refractivity contribution in [1.82, 2.24) is 14.8 Å². The molecule has 3 heterocycles. The van der Waals surface area contributed by atoms with Crippen LogP contribution in [0.5, 0.6) is 0 Å². The van der Waals surface area contributed by atoms with Crippen LogP contribution in [0, 0.1) is 0 Å². The van der Waals surface area contributed by atoms with Crippen molar-refractivity contribution in [2.24, 2.45) is 0 Å². The zero-order valence-corrected chi connectivity index (χ0v) is 16.5. The molecule has 4 rings (SSSR count). The number of rotatable bonds is 4. The second kappa shape index (κ2) is 7.99. The Balaban J connectivity index is 1.31. The molecule has 0 aromatic carbocycles. The molecule has 1 aromatic rings. The van der Waals surface area contributed by atoms with Crippen LogP contribution in [0.4, 0.5) is 8.78 Å². The first-order valence-corrected chi connectivity index (χ1v) is 10.9. The SMILES string of the molecule is OC1(c2csc(CN3CCOCC3)n2)CCN(C2CCC(F)(F)CC2)CC1. The molecule has 0 radical (unpaired) electrons. The molecular weight excluding hydrogens is 372 g/mol. The number of alkyl halides is 2. The van der Waals surface area contributed by atoms with E-state index in [0.29, 0.717) is 25.7 Å². The van der Waals surface area contributed by atoms with Crippen molar-refractivity contribution in [2.75, 3.05) is 39.4 Å². The fourth-order valence-electron chi connectivity index (χ4n) is 4.45. The first-order chi connectivity index (χ1) is 12.9. The second-order valence-electron chi connectivity index (χ2n) is 8.17. The minimum atomic E-state index is -2.48. The predicted octanol–water partition coefficient (Wildman–Crippen LogP) is 2.84. The highest BCUT2D eigenvalue weighted by molar-refractivity contribution is 7.09. The van der Waals surface area contributed by atoms with E-state index in [2.05, 4.69) is 9.80 Å². The minimum absolute atomic E-state index is 0.00454. The van der Waals surface area contributed by atoms with Crippen LogP contribution in [0.15, 0.2) is 5.38 Å². The van der Waals surface area contributed by atoms with Crippen LogP contribution in [-0.4, -0.2) is 71.2 Å². The van der Waals surface area contributed by atoms with Crippen LogP contribution in [0.25, 0.3) is 0 Å². The van der Waals surface area contributed by atoms with E-state index in [1.54, 1.807) is 11.3 Å².